The van der Waals surface area contributed by atoms with Crippen LogP contribution in [0.1, 0.15) is 18.1 Å². The molecule has 1 nitrogen and oxygen atoms in total. The highest BCUT2D eigenvalue weighted by atomic mass is 79.9. The molecule has 0 saturated carbocycles. The number of benzene rings is 2. The lowest BCUT2D eigenvalue weighted by molar-refractivity contribution is 0.505. The zero-order valence-corrected chi connectivity index (χ0v) is 14.2. The minimum absolute atomic E-state index is 0.155. The van der Waals surface area contributed by atoms with Crippen molar-refractivity contribution in [1.82, 2.24) is 5.32 Å². The molecule has 4 heteroatoms. The highest BCUT2D eigenvalue weighted by molar-refractivity contribution is 9.10. The van der Waals surface area contributed by atoms with E-state index in [9.17, 15) is 4.39 Å². The second-order valence-electron chi connectivity index (χ2n) is 5.03. The summed E-state index contributed by atoms with van der Waals surface area (Å²) in [6.07, 6.45) is 1.50. The van der Waals surface area contributed by atoms with Crippen LogP contribution >= 0.6 is 27.5 Å². The average Bonchev–Trinajstić information content (AvgIpc) is 2.45. The predicted octanol–water partition coefficient (Wildman–Crippen LogP) is 5.00. The van der Waals surface area contributed by atoms with Crippen molar-refractivity contribution in [2.75, 3.05) is 6.54 Å². The molecule has 0 aliphatic carbocycles. The smallest absolute Gasteiger partial charge is 0.126 e. The van der Waals surface area contributed by atoms with Crippen LogP contribution in [0.4, 0.5) is 4.39 Å². The van der Waals surface area contributed by atoms with E-state index in [-0.39, 0.29) is 11.9 Å². The molecule has 2 aromatic rings. The van der Waals surface area contributed by atoms with E-state index < -0.39 is 0 Å². The number of likely N-dealkylation sites (N-methyl/N-ethyl adjacent to an activating group) is 1. The molecule has 0 bridgehead atoms. The molecular formula is C17H18BrClFN. The molecule has 1 unspecified atom stereocenters. The van der Waals surface area contributed by atoms with Crippen molar-refractivity contribution in [1.29, 1.82) is 0 Å². The molecule has 0 aromatic heterocycles. The van der Waals surface area contributed by atoms with E-state index in [0.29, 0.717) is 6.42 Å². The molecule has 1 atom stereocenters. The van der Waals surface area contributed by atoms with Crippen molar-refractivity contribution in [2.24, 2.45) is 0 Å². The molecule has 0 radical (unpaired) electrons. The number of hydrogen-bond donors (Lipinski definition) is 1. The van der Waals surface area contributed by atoms with Crippen molar-refractivity contribution in [2.45, 2.75) is 25.8 Å². The lowest BCUT2D eigenvalue weighted by Gasteiger charge is -2.19. The summed E-state index contributed by atoms with van der Waals surface area (Å²) in [4.78, 5) is 0. The molecule has 1 N–H and O–H groups in total. The second-order valence-corrected chi connectivity index (χ2v) is 6.38. The van der Waals surface area contributed by atoms with E-state index in [2.05, 4.69) is 28.2 Å². The Hall–Kier alpha value is -0.900. The number of hydrogen-bond acceptors (Lipinski definition) is 1. The second kappa shape index (κ2) is 7.92. The van der Waals surface area contributed by atoms with Crippen LogP contribution in [0.2, 0.25) is 5.02 Å². The molecule has 0 aliphatic heterocycles. The van der Waals surface area contributed by atoms with Gasteiger partial charge in [-0.2, -0.15) is 0 Å². The van der Waals surface area contributed by atoms with Gasteiger partial charge in [-0.15, -0.1) is 0 Å². The van der Waals surface area contributed by atoms with Crippen molar-refractivity contribution in [3.63, 3.8) is 0 Å². The van der Waals surface area contributed by atoms with Gasteiger partial charge in [-0.25, -0.2) is 4.39 Å². The first-order valence-corrected chi connectivity index (χ1v) is 8.17. The predicted molar refractivity (Wildman–Crippen MR) is 90.4 cm³/mol. The Kier molecular flexibility index (Phi) is 6.22. The van der Waals surface area contributed by atoms with Crippen LogP contribution in [0.5, 0.6) is 0 Å². The SMILES string of the molecule is CCNC(Cc1ccc(Cl)cc1)Cc1cc(Br)ccc1F. The van der Waals surface area contributed by atoms with Gasteiger partial charge in [0, 0.05) is 15.5 Å². The van der Waals surface area contributed by atoms with Crippen LogP contribution in [0.15, 0.2) is 46.9 Å². The largest absolute Gasteiger partial charge is 0.314 e. The van der Waals surface area contributed by atoms with E-state index in [1.54, 1.807) is 6.07 Å². The molecule has 0 spiro atoms. The normalized spacial score (nSPS) is 12.4. The van der Waals surface area contributed by atoms with Gasteiger partial charge in [0.05, 0.1) is 0 Å². The van der Waals surface area contributed by atoms with Gasteiger partial charge in [-0.1, -0.05) is 46.6 Å². The van der Waals surface area contributed by atoms with Gasteiger partial charge in [0.2, 0.25) is 0 Å². The summed E-state index contributed by atoms with van der Waals surface area (Å²) in [5, 5.41) is 4.16. The first-order valence-electron chi connectivity index (χ1n) is 7.00. The standard InChI is InChI=1S/C17H18BrClFN/c1-2-21-16(9-12-3-6-15(19)7-4-12)11-13-10-14(18)5-8-17(13)20/h3-8,10,16,21H,2,9,11H2,1H3. The fourth-order valence-electron chi connectivity index (χ4n) is 2.38. The van der Waals surface area contributed by atoms with Gasteiger partial charge < -0.3 is 5.32 Å². The fourth-order valence-corrected chi connectivity index (χ4v) is 2.91. The third kappa shape index (κ3) is 5.10. The molecule has 0 heterocycles. The summed E-state index contributed by atoms with van der Waals surface area (Å²) >= 11 is 9.31. The summed E-state index contributed by atoms with van der Waals surface area (Å²) in [6.45, 7) is 2.92. The Bertz CT molecular complexity index is 586. The molecule has 0 fully saturated rings. The van der Waals surface area contributed by atoms with Crippen molar-refractivity contribution < 1.29 is 4.39 Å². The molecule has 21 heavy (non-hydrogen) atoms. The third-order valence-electron chi connectivity index (χ3n) is 3.36. The number of rotatable bonds is 6. The van der Waals surface area contributed by atoms with Crippen LogP contribution in [0.3, 0.4) is 0 Å². The third-order valence-corrected chi connectivity index (χ3v) is 4.11. The van der Waals surface area contributed by atoms with E-state index in [1.807, 2.05) is 30.3 Å². The van der Waals surface area contributed by atoms with E-state index >= 15 is 0 Å². The topological polar surface area (TPSA) is 12.0 Å². The Morgan fingerprint density at radius 3 is 2.52 bits per heavy atom. The molecule has 0 amide bonds. The average molecular weight is 371 g/mol. The molecule has 112 valence electrons. The van der Waals surface area contributed by atoms with Crippen molar-refractivity contribution >= 4 is 27.5 Å². The van der Waals surface area contributed by atoms with Crippen molar-refractivity contribution in [3.05, 3.63) is 68.9 Å². The molecule has 0 saturated heterocycles. The molecule has 2 aromatic carbocycles. The van der Waals surface area contributed by atoms with Crippen LogP contribution in [-0.2, 0) is 12.8 Å². The summed E-state index contributed by atoms with van der Waals surface area (Å²) in [5.74, 6) is -0.155. The first kappa shape index (κ1) is 16.5. The fraction of sp³-hybridized carbons (Fsp3) is 0.294. The van der Waals surface area contributed by atoms with Gasteiger partial charge in [-0.3, -0.25) is 0 Å². The van der Waals surface area contributed by atoms with Gasteiger partial charge >= 0.3 is 0 Å². The molecule has 0 aliphatic rings. The lowest BCUT2D eigenvalue weighted by atomic mass is 9.98. The number of nitrogens with one attached hydrogen (secondary N) is 1. The van der Waals surface area contributed by atoms with Gasteiger partial charge in [0.25, 0.3) is 0 Å². The highest BCUT2D eigenvalue weighted by Crippen LogP contribution is 2.19. The van der Waals surface area contributed by atoms with Crippen LogP contribution in [0, 0.1) is 5.82 Å². The summed E-state index contributed by atoms with van der Waals surface area (Å²) in [5.41, 5.74) is 1.92. The first-order chi connectivity index (χ1) is 10.1. The summed E-state index contributed by atoms with van der Waals surface area (Å²) in [6, 6.07) is 13.1. The Morgan fingerprint density at radius 2 is 1.86 bits per heavy atom. The lowest BCUT2D eigenvalue weighted by Crippen LogP contribution is -2.33. The van der Waals surface area contributed by atoms with Gasteiger partial charge in [0.1, 0.15) is 5.82 Å². The van der Waals surface area contributed by atoms with Crippen LogP contribution in [-0.4, -0.2) is 12.6 Å². The van der Waals surface area contributed by atoms with Gasteiger partial charge in [0.15, 0.2) is 0 Å². The zero-order chi connectivity index (χ0) is 15.2. The van der Waals surface area contributed by atoms with Crippen molar-refractivity contribution in [3.8, 4) is 0 Å². The summed E-state index contributed by atoms with van der Waals surface area (Å²) < 4.78 is 14.8. The van der Waals surface area contributed by atoms with Crippen LogP contribution < -0.4 is 5.32 Å². The molecular weight excluding hydrogens is 353 g/mol. The summed E-state index contributed by atoms with van der Waals surface area (Å²) in [7, 11) is 0. The highest BCUT2D eigenvalue weighted by Gasteiger charge is 2.13. The minimum Gasteiger partial charge on any atom is -0.314 e. The van der Waals surface area contributed by atoms with Gasteiger partial charge in [-0.05, 0) is 60.8 Å². The van der Waals surface area contributed by atoms with E-state index in [1.165, 1.54) is 11.6 Å². The number of halogens is 3. The zero-order valence-electron chi connectivity index (χ0n) is 11.9. The Labute approximate surface area is 138 Å². The Morgan fingerprint density at radius 1 is 1.14 bits per heavy atom. The monoisotopic (exact) mass is 369 g/mol. The minimum atomic E-state index is -0.155. The van der Waals surface area contributed by atoms with E-state index in [0.717, 1.165) is 28.0 Å². The maximum Gasteiger partial charge on any atom is 0.126 e. The van der Waals surface area contributed by atoms with E-state index in [4.69, 9.17) is 11.6 Å². The maximum absolute atomic E-state index is 13.9. The van der Waals surface area contributed by atoms with Crippen LogP contribution in [0.25, 0.3) is 0 Å². The quantitative estimate of drug-likeness (QED) is 0.754. The maximum atomic E-state index is 13.9. The Balaban J connectivity index is 2.11. The molecule has 2 rings (SSSR count).